The predicted molar refractivity (Wildman–Crippen MR) is 79.7 cm³/mol. The molecule has 1 amide bonds. The molecule has 0 aliphatic heterocycles. The third-order valence-electron chi connectivity index (χ3n) is 2.49. The molecule has 0 atom stereocenters. The predicted octanol–water partition coefficient (Wildman–Crippen LogP) is 1.07. The minimum absolute atomic E-state index is 0.0943. The summed E-state index contributed by atoms with van der Waals surface area (Å²) < 4.78 is 6.95. The number of anilines is 1. The van der Waals surface area contributed by atoms with E-state index in [0.717, 1.165) is 5.56 Å². The van der Waals surface area contributed by atoms with Gasteiger partial charge in [0.1, 0.15) is 10.7 Å². The van der Waals surface area contributed by atoms with E-state index in [1.54, 1.807) is 48.3 Å². The van der Waals surface area contributed by atoms with Crippen molar-refractivity contribution in [2.24, 2.45) is 12.8 Å². The molecule has 104 valence electrons. The number of hydrogen-bond acceptors (Lipinski definition) is 4. The number of nitrogens with one attached hydrogen (secondary N) is 1. The molecule has 20 heavy (non-hydrogen) atoms. The highest BCUT2D eigenvalue weighted by molar-refractivity contribution is 7.80. The second-order valence-corrected chi connectivity index (χ2v) is 4.54. The summed E-state index contributed by atoms with van der Waals surface area (Å²) in [5.74, 6) is 0.785. The van der Waals surface area contributed by atoms with Crippen LogP contribution in [0.2, 0.25) is 0 Å². The molecule has 0 spiro atoms. The van der Waals surface area contributed by atoms with Crippen molar-refractivity contribution >= 4 is 28.9 Å². The Balaban J connectivity index is 1.85. The van der Waals surface area contributed by atoms with E-state index < -0.39 is 0 Å². The van der Waals surface area contributed by atoms with Gasteiger partial charge in [-0.25, -0.2) is 0 Å². The van der Waals surface area contributed by atoms with E-state index in [4.69, 9.17) is 22.7 Å². The number of rotatable bonds is 5. The molecule has 0 unspecified atom stereocenters. The quantitative estimate of drug-likeness (QED) is 0.805. The third-order valence-corrected chi connectivity index (χ3v) is 2.73. The maximum absolute atomic E-state index is 11.6. The molecule has 3 N–H and O–H groups in total. The second kappa shape index (κ2) is 6.16. The van der Waals surface area contributed by atoms with Gasteiger partial charge in [-0.3, -0.25) is 9.48 Å². The maximum Gasteiger partial charge on any atom is 0.263 e. The topological polar surface area (TPSA) is 82.2 Å². The van der Waals surface area contributed by atoms with Crippen molar-refractivity contribution in [3.8, 4) is 5.75 Å². The summed E-state index contributed by atoms with van der Waals surface area (Å²) in [5, 5.41) is 6.66. The Morgan fingerprint density at radius 1 is 1.40 bits per heavy atom. The van der Waals surface area contributed by atoms with Crippen molar-refractivity contribution in [1.82, 2.24) is 9.78 Å². The van der Waals surface area contributed by atoms with E-state index in [0.29, 0.717) is 16.6 Å². The molecule has 0 fully saturated rings. The number of aryl methyl sites for hydroxylation is 1. The number of aromatic nitrogens is 2. The van der Waals surface area contributed by atoms with Gasteiger partial charge < -0.3 is 15.8 Å². The first kappa shape index (κ1) is 14.0. The summed E-state index contributed by atoms with van der Waals surface area (Å²) in [7, 11) is 1.77. The SMILES string of the molecule is Cn1ccc(NC(=O)COc2ccc(C(N)=S)cc2)n1. The summed E-state index contributed by atoms with van der Waals surface area (Å²) in [6.45, 7) is -0.0943. The van der Waals surface area contributed by atoms with Crippen LogP contribution in [0.15, 0.2) is 36.5 Å². The molecule has 0 aliphatic rings. The van der Waals surface area contributed by atoms with Gasteiger partial charge in [0.15, 0.2) is 12.4 Å². The Labute approximate surface area is 121 Å². The van der Waals surface area contributed by atoms with E-state index in [-0.39, 0.29) is 12.5 Å². The fourth-order valence-corrected chi connectivity index (χ4v) is 1.66. The molecule has 7 heteroatoms. The Morgan fingerprint density at radius 3 is 2.65 bits per heavy atom. The molecule has 0 saturated heterocycles. The van der Waals surface area contributed by atoms with Crippen molar-refractivity contribution in [2.75, 3.05) is 11.9 Å². The molecule has 0 saturated carbocycles. The van der Waals surface area contributed by atoms with Gasteiger partial charge in [-0.05, 0) is 24.3 Å². The van der Waals surface area contributed by atoms with Crippen LogP contribution < -0.4 is 15.8 Å². The summed E-state index contributed by atoms with van der Waals surface area (Å²) in [4.78, 5) is 12.0. The zero-order chi connectivity index (χ0) is 14.5. The number of benzene rings is 1. The minimum atomic E-state index is -0.276. The molecule has 6 nitrogen and oxygen atoms in total. The molecule has 0 radical (unpaired) electrons. The van der Waals surface area contributed by atoms with Crippen molar-refractivity contribution in [3.63, 3.8) is 0 Å². The van der Waals surface area contributed by atoms with Crippen LogP contribution in [0.3, 0.4) is 0 Å². The molecule has 2 aromatic rings. The van der Waals surface area contributed by atoms with E-state index >= 15 is 0 Å². The summed E-state index contributed by atoms with van der Waals surface area (Å²) in [6.07, 6.45) is 1.74. The van der Waals surface area contributed by atoms with Crippen molar-refractivity contribution in [3.05, 3.63) is 42.1 Å². The van der Waals surface area contributed by atoms with E-state index in [1.165, 1.54) is 0 Å². The number of hydrogen-bond donors (Lipinski definition) is 2. The van der Waals surface area contributed by atoms with Gasteiger partial charge in [0, 0.05) is 24.9 Å². The molecule has 1 heterocycles. The standard InChI is InChI=1S/C13H14N4O2S/c1-17-7-6-11(16-17)15-12(18)8-19-10-4-2-9(3-5-10)13(14)20/h2-7H,8H2,1H3,(H2,14,20)(H,15,16,18). The highest BCUT2D eigenvalue weighted by Crippen LogP contribution is 2.12. The number of amides is 1. The van der Waals surface area contributed by atoms with Crippen LogP contribution in [0.5, 0.6) is 5.75 Å². The molecule has 0 bridgehead atoms. The number of nitrogens with zero attached hydrogens (tertiary/aromatic N) is 2. The van der Waals surface area contributed by atoms with Gasteiger partial charge in [-0.15, -0.1) is 0 Å². The maximum atomic E-state index is 11.6. The molecule has 1 aromatic heterocycles. The summed E-state index contributed by atoms with van der Waals surface area (Å²) in [5.41, 5.74) is 6.25. The lowest BCUT2D eigenvalue weighted by Gasteiger charge is -2.06. The van der Waals surface area contributed by atoms with Crippen molar-refractivity contribution < 1.29 is 9.53 Å². The van der Waals surface area contributed by atoms with Gasteiger partial charge >= 0.3 is 0 Å². The zero-order valence-electron chi connectivity index (χ0n) is 10.9. The third kappa shape index (κ3) is 3.79. The van der Waals surface area contributed by atoms with Crippen LogP contribution in [-0.2, 0) is 11.8 Å². The average Bonchev–Trinajstić information content (AvgIpc) is 2.82. The average molecular weight is 290 g/mol. The van der Waals surface area contributed by atoms with Gasteiger partial charge in [0.2, 0.25) is 0 Å². The van der Waals surface area contributed by atoms with Gasteiger partial charge in [0.05, 0.1) is 0 Å². The Bertz CT molecular complexity index is 622. The summed E-state index contributed by atoms with van der Waals surface area (Å²) in [6, 6.07) is 8.61. The fraction of sp³-hybridized carbons (Fsp3) is 0.154. The highest BCUT2D eigenvalue weighted by atomic mass is 32.1. The molecular weight excluding hydrogens is 276 g/mol. The van der Waals surface area contributed by atoms with E-state index in [2.05, 4.69) is 10.4 Å². The van der Waals surface area contributed by atoms with Crippen LogP contribution in [0.25, 0.3) is 0 Å². The second-order valence-electron chi connectivity index (χ2n) is 4.10. The van der Waals surface area contributed by atoms with Crippen LogP contribution in [0.1, 0.15) is 5.56 Å². The molecule has 0 aliphatic carbocycles. The lowest BCUT2D eigenvalue weighted by Crippen LogP contribution is -2.20. The number of carbonyl (C=O) groups excluding carboxylic acids is 1. The van der Waals surface area contributed by atoms with Crippen molar-refractivity contribution in [2.45, 2.75) is 0 Å². The molecule has 2 rings (SSSR count). The highest BCUT2D eigenvalue weighted by Gasteiger charge is 2.05. The lowest BCUT2D eigenvalue weighted by atomic mass is 10.2. The van der Waals surface area contributed by atoms with Crippen LogP contribution in [0, 0.1) is 0 Å². The summed E-state index contributed by atoms with van der Waals surface area (Å²) >= 11 is 4.85. The lowest BCUT2D eigenvalue weighted by molar-refractivity contribution is -0.118. The Hall–Kier alpha value is -2.41. The first-order chi connectivity index (χ1) is 9.54. The smallest absolute Gasteiger partial charge is 0.263 e. The normalized spacial score (nSPS) is 10.1. The number of ether oxygens (including phenoxy) is 1. The van der Waals surface area contributed by atoms with E-state index in [1.807, 2.05) is 0 Å². The van der Waals surface area contributed by atoms with Crippen molar-refractivity contribution in [1.29, 1.82) is 0 Å². The number of thiocarbonyl (C=S) groups is 1. The fourth-order valence-electron chi connectivity index (χ4n) is 1.52. The first-order valence-electron chi connectivity index (χ1n) is 5.87. The van der Waals surface area contributed by atoms with Gasteiger partial charge in [-0.1, -0.05) is 12.2 Å². The van der Waals surface area contributed by atoms with Crippen LogP contribution >= 0.6 is 12.2 Å². The van der Waals surface area contributed by atoms with Gasteiger partial charge in [0.25, 0.3) is 5.91 Å². The molecular formula is C13H14N4O2S. The monoisotopic (exact) mass is 290 g/mol. The Kier molecular flexibility index (Phi) is 4.31. The minimum Gasteiger partial charge on any atom is -0.484 e. The largest absolute Gasteiger partial charge is 0.484 e. The zero-order valence-corrected chi connectivity index (χ0v) is 11.7. The number of nitrogens with two attached hydrogens (primary N) is 1. The Morgan fingerprint density at radius 2 is 2.10 bits per heavy atom. The molecule has 1 aromatic carbocycles. The van der Waals surface area contributed by atoms with E-state index in [9.17, 15) is 4.79 Å². The van der Waals surface area contributed by atoms with Crippen LogP contribution in [-0.4, -0.2) is 27.3 Å². The number of carbonyl (C=O) groups is 1. The van der Waals surface area contributed by atoms with Crippen LogP contribution in [0.4, 0.5) is 5.82 Å². The van der Waals surface area contributed by atoms with Gasteiger partial charge in [-0.2, -0.15) is 5.10 Å². The first-order valence-corrected chi connectivity index (χ1v) is 6.27.